The number of hydrogen-bond acceptors (Lipinski definition) is 8. The maximum Gasteiger partial charge on any atom is 0.218 e. The highest BCUT2D eigenvalue weighted by Crippen LogP contribution is 2.66. The lowest BCUT2D eigenvalue weighted by Gasteiger charge is -2.54. The molecule has 0 aromatic heterocycles. The SMILES string of the molecule is C[C@H]1CC[C@@H]2[C@H](CC[C@@H]3C[C@]4(C)C(=NO)CC[C@H]4C[C@H]32)C1.C[C@H]1CC[C@@H]2[C@H](CC[C@@H]3C[C@]4(C)C(=O)CC[C@H]4C[C@H]32)C1.C[C@]12C[C@H]3CC[C@@H]4C[C@@H](O)CC[C@H]4[C@@H]3C[C@@H]1CCC2=O.C[C@]12C[C@H]3CC[C@@H]4C[C@@H](O)CC[C@H]4[C@@H]3C[C@@H]1CC[C@@H]2[N+](=O)[O-]. The van der Waals surface area contributed by atoms with Gasteiger partial charge in [-0.2, -0.15) is 0 Å². The van der Waals surface area contributed by atoms with E-state index < -0.39 is 0 Å². The van der Waals surface area contributed by atoms with Crippen molar-refractivity contribution in [1.29, 1.82) is 0 Å². The molecular formula is C74H118N2O7. The number of nitrogens with zero attached hydrogens (tertiary/aromatic N) is 2. The van der Waals surface area contributed by atoms with Gasteiger partial charge in [0.2, 0.25) is 6.04 Å². The van der Waals surface area contributed by atoms with Crippen molar-refractivity contribution in [2.24, 2.45) is 157 Å². The molecule has 16 rings (SSSR count). The summed E-state index contributed by atoms with van der Waals surface area (Å²) in [6.45, 7) is 14.1. The smallest absolute Gasteiger partial charge is 0.218 e. The lowest BCUT2D eigenvalue weighted by Crippen LogP contribution is -2.49. The summed E-state index contributed by atoms with van der Waals surface area (Å²) in [5.41, 5.74) is 1.40. The number of ketones is 2. The van der Waals surface area contributed by atoms with Crippen molar-refractivity contribution in [3.63, 3.8) is 0 Å². The minimum Gasteiger partial charge on any atom is -0.411 e. The molecule has 0 unspecified atom stereocenters. The second-order valence-electron chi connectivity index (χ2n) is 35.2. The molecule has 29 atom stereocenters. The zero-order chi connectivity index (χ0) is 57.9. The van der Waals surface area contributed by atoms with Crippen molar-refractivity contribution in [3.05, 3.63) is 10.1 Å². The molecule has 0 saturated heterocycles. The summed E-state index contributed by atoms with van der Waals surface area (Å²) in [6.07, 6.45) is 44.6. The third kappa shape index (κ3) is 10.9. The second-order valence-corrected chi connectivity index (χ2v) is 35.2. The van der Waals surface area contributed by atoms with E-state index in [4.69, 9.17) is 0 Å². The van der Waals surface area contributed by atoms with Crippen LogP contribution in [0.5, 0.6) is 0 Å². The predicted molar refractivity (Wildman–Crippen MR) is 329 cm³/mol. The van der Waals surface area contributed by atoms with Crippen LogP contribution in [0.3, 0.4) is 0 Å². The van der Waals surface area contributed by atoms with Crippen molar-refractivity contribution in [3.8, 4) is 0 Å². The van der Waals surface area contributed by atoms with E-state index in [0.29, 0.717) is 29.3 Å². The van der Waals surface area contributed by atoms with Crippen LogP contribution in [-0.4, -0.2) is 55.9 Å². The van der Waals surface area contributed by atoms with Crippen LogP contribution in [0.4, 0.5) is 0 Å². The van der Waals surface area contributed by atoms with Crippen molar-refractivity contribution in [2.75, 3.05) is 0 Å². The first-order chi connectivity index (χ1) is 39.8. The fourth-order valence-corrected chi connectivity index (χ4v) is 27.0. The third-order valence-electron chi connectivity index (χ3n) is 31.5. The highest BCUT2D eigenvalue weighted by Gasteiger charge is 2.62. The van der Waals surface area contributed by atoms with Gasteiger partial charge in [0.15, 0.2) is 0 Å². The van der Waals surface area contributed by atoms with Gasteiger partial charge in [0.25, 0.3) is 0 Å². The molecule has 0 aliphatic heterocycles. The number of Topliss-reactive ketones (excluding diaryl/α,β-unsaturated/α-hetero) is 2. The molecule has 16 aliphatic carbocycles. The largest absolute Gasteiger partial charge is 0.411 e. The highest BCUT2D eigenvalue weighted by atomic mass is 16.6. The molecule has 9 nitrogen and oxygen atoms in total. The predicted octanol–water partition coefficient (Wildman–Crippen LogP) is 17.2. The number of oxime groups is 1. The zero-order valence-electron chi connectivity index (χ0n) is 53.3. The van der Waals surface area contributed by atoms with Crippen LogP contribution in [-0.2, 0) is 9.59 Å². The molecule has 466 valence electrons. The van der Waals surface area contributed by atoms with Gasteiger partial charge >= 0.3 is 0 Å². The van der Waals surface area contributed by atoms with Gasteiger partial charge in [-0.1, -0.05) is 59.5 Å². The molecule has 9 heteroatoms. The molecule has 0 bridgehead atoms. The summed E-state index contributed by atoms with van der Waals surface area (Å²) < 4.78 is 0. The van der Waals surface area contributed by atoms with Crippen LogP contribution < -0.4 is 0 Å². The first kappa shape index (κ1) is 60.1. The molecule has 16 aliphatic rings. The molecular weight excluding hydrogens is 1030 g/mol. The van der Waals surface area contributed by atoms with Gasteiger partial charge in [0.05, 0.1) is 17.9 Å². The molecule has 0 heterocycles. The van der Waals surface area contributed by atoms with E-state index in [1.165, 1.54) is 161 Å². The standard InChI is InChI=1S/C19H31NO.C19H30O.C18H29NO3.C18H28O2/c1-12-3-7-16-13(9-12)4-5-14-11-19(2)15(10-17(14)16)6-8-18(19)20-21;1-12-3-7-16-13(9-12)4-5-14-11-19(2)15(10-17(14)16)6-8-18(19)20;1-18-10-12-3-2-11-8-14(20)5-6-15(11)16(12)9-13(18)4-7-17(18)19(21)22;1-18-10-12-3-2-11-8-14(19)5-6-15(11)16(12)9-13(18)4-7-17(18)20/h12-17,21H,3-11H2,1-2H3;12-17H,3-11H2,1-2H3;11-17,20H,2-10H2,1H3;11-16,19H,2-10H2,1H3/t2*12-,13+,14+,15-,16+,17+,19-;11-,12-,13+,14+,15-,16-,17+,18+;11-,12-,13+,14+,15-,16-,18+/m0011/s1. The Labute approximate surface area is 503 Å². The summed E-state index contributed by atoms with van der Waals surface area (Å²) in [7, 11) is 0. The molecule has 83 heavy (non-hydrogen) atoms. The van der Waals surface area contributed by atoms with Crippen LogP contribution in [0, 0.1) is 162 Å². The number of aliphatic hydroxyl groups is 2. The van der Waals surface area contributed by atoms with Crippen LogP contribution in [0.25, 0.3) is 0 Å². The summed E-state index contributed by atoms with van der Waals surface area (Å²) in [6, 6.07) is -0.302. The van der Waals surface area contributed by atoms with Crippen LogP contribution in [0.1, 0.15) is 273 Å². The normalized spacial score (nSPS) is 54.7. The number of rotatable bonds is 1. The Kier molecular flexibility index (Phi) is 17.0. The van der Waals surface area contributed by atoms with Gasteiger partial charge in [0, 0.05) is 45.8 Å². The molecule has 3 N–H and O–H groups in total. The fourth-order valence-electron chi connectivity index (χ4n) is 27.0. The Morgan fingerprint density at radius 3 is 1.19 bits per heavy atom. The second kappa shape index (κ2) is 23.5. The van der Waals surface area contributed by atoms with Gasteiger partial charge in [-0.3, -0.25) is 19.7 Å². The number of carbonyl (C=O) groups excluding carboxylic acids is 2. The fraction of sp³-hybridized carbons (Fsp3) is 0.959. The molecule has 0 aromatic carbocycles. The summed E-state index contributed by atoms with van der Waals surface area (Å²) in [4.78, 5) is 36.1. The van der Waals surface area contributed by atoms with Gasteiger partial charge in [0.1, 0.15) is 11.6 Å². The van der Waals surface area contributed by atoms with E-state index >= 15 is 0 Å². The molecule has 0 aromatic rings. The first-order valence-electron chi connectivity index (χ1n) is 36.5. The zero-order valence-corrected chi connectivity index (χ0v) is 53.3. The number of nitro groups is 1. The molecule has 0 radical (unpaired) electrons. The monoisotopic (exact) mass is 1150 g/mol. The Hall–Kier alpha value is -1.87. The average molecular weight is 1150 g/mol. The minimum atomic E-state index is -0.302. The van der Waals surface area contributed by atoms with Gasteiger partial charge in [-0.15, -0.1) is 0 Å². The van der Waals surface area contributed by atoms with Crippen LogP contribution in [0.2, 0.25) is 0 Å². The van der Waals surface area contributed by atoms with E-state index in [2.05, 4.69) is 46.7 Å². The van der Waals surface area contributed by atoms with Crippen molar-refractivity contribution < 1.29 is 29.9 Å². The van der Waals surface area contributed by atoms with Crippen LogP contribution >= 0.6 is 0 Å². The molecule has 16 saturated carbocycles. The molecule has 16 fully saturated rings. The van der Waals surface area contributed by atoms with Gasteiger partial charge in [-0.05, 0) is 329 Å². The lowest BCUT2D eigenvalue weighted by molar-refractivity contribution is -0.540. The average Bonchev–Trinajstić information content (AvgIpc) is 3.48. The van der Waals surface area contributed by atoms with E-state index in [-0.39, 0.29) is 44.8 Å². The third-order valence-corrected chi connectivity index (χ3v) is 31.5. The van der Waals surface area contributed by atoms with E-state index in [1.54, 1.807) is 0 Å². The van der Waals surface area contributed by atoms with Gasteiger partial charge in [-0.25, -0.2) is 0 Å². The summed E-state index contributed by atoms with van der Waals surface area (Å²) >= 11 is 0. The lowest BCUT2D eigenvalue weighted by atomic mass is 9.51. The summed E-state index contributed by atoms with van der Waals surface area (Å²) in [5.74, 6) is 20.0. The van der Waals surface area contributed by atoms with Crippen molar-refractivity contribution in [1.82, 2.24) is 0 Å². The van der Waals surface area contributed by atoms with E-state index in [0.717, 1.165) is 189 Å². The first-order valence-corrected chi connectivity index (χ1v) is 36.5. The van der Waals surface area contributed by atoms with Crippen LogP contribution in [0.15, 0.2) is 5.16 Å². The Morgan fingerprint density at radius 2 is 0.759 bits per heavy atom. The Balaban J connectivity index is 0.000000104. The number of carbonyl (C=O) groups is 2. The number of hydrogen-bond donors (Lipinski definition) is 3. The highest BCUT2D eigenvalue weighted by molar-refractivity contribution is 5.92. The maximum absolute atomic E-state index is 12.3. The van der Waals surface area contributed by atoms with E-state index in [1.807, 2.05) is 0 Å². The minimum absolute atomic E-state index is 0.0168. The maximum atomic E-state index is 12.3. The topological polar surface area (TPSA) is 150 Å². The number of fused-ring (bicyclic) bond motifs is 16. The van der Waals surface area contributed by atoms with Gasteiger partial charge < -0.3 is 15.4 Å². The number of aliphatic hydroxyl groups excluding tert-OH is 2. The molecule has 0 spiro atoms. The quantitative estimate of drug-likeness (QED) is 0.134. The van der Waals surface area contributed by atoms with E-state index in [9.17, 15) is 35.1 Å². The summed E-state index contributed by atoms with van der Waals surface area (Å²) in [5, 5.41) is 44.4. The molecule has 0 amide bonds. The van der Waals surface area contributed by atoms with Crippen molar-refractivity contribution >= 4 is 17.3 Å². The Bertz CT molecular complexity index is 2310. The van der Waals surface area contributed by atoms with Crippen molar-refractivity contribution in [2.45, 2.75) is 291 Å². The Morgan fingerprint density at radius 1 is 0.398 bits per heavy atom.